The Bertz CT molecular complexity index is 986. The van der Waals surface area contributed by atoms with E-state index in [0.29, 0.717) is 20.5 Å². The van der Waals surface area contributed by atoms with Gasteiger partial charge in [-0.05, 0) is 76.4 Å². The molecule has 8 heteroatoms. The highest BCUT2D eigenvalue weighted by Crippen LogP contribution is 2.24. The van der Waals surface area contributed by atoms with Crippen LogP contribution in [0, 0.1) is 6.92 Å². The van der Waals surface area contributed by atoms with Crippen LogP contribution in [0.3, 0.4) is 0 Å². The highest BCUT2D eigenvalue weighted by molar-refractivity contribution is 7.18. The molecule has 30 heavy (non-hydrogen) atoms. The lowest BCUT2D eigenvalue weighted by atomic mass is 10.0. The molecular formula is C22H26ClN3O3S. The van der Waals surface area contributed by atoms with Gasteiger partial charge in [0.1, 0.15) is 5.54 Å². The molecule has 3 rings (SSSR count). The minimum atomic E-state index is -1.14. The monoisotopic (exact) mass is 447 g/mol. The molecule has 0 spiro atoms. The fourth-order valence-electron chi connectivity index (χ4n) is 3.50. The van der Waals surface area contributed by atoms with E-state index >= 15 is 0 Å². The first-order chi connectivity index (χ1) is 14.1. The summed E-state index contributed by atoms with van der Waals surface area (Å²) in [5.74, 6) is -0.688. The zero-order chi connectivity index (χ0) is 22.1. The molecule has 1 aromatic heterocycles. The Hall–Kier alpha value is -2.38. The zero-order valence-electron chi connectivity index (χ0n) is 17.5. The molecule has 1 fully saturated rings. The van der Waals surface area contributed by atoms with Gasteiger partial charge in [0.25, 0.3) is 11.8 Å². The smallest absolute Gasteiger partial charge is 0.262 e. The van der Waals surface area contributed by atoms with Gasteiger partial charge in [-0.3, -0.25) is 14.4 Å². The van der Waals surface area contributed by atoms with Crippen molar-refractivity contribution in [3.8, 4) is 0 Å². The van der Waals surface area contributed by atoms with E-state index in [1.165, 1.54) is 0 Å². The third kappa shape index (κ3) is 4.84. The number of aryl methyl sites for hydroxylation is 1. The second-order valence-electron chi connectivity index (χ2n) is 8.16. The molecule has 0 bridgehead atoms. The Morgan fingerprint density at radius 1 is 1.20 bits per heavy atom. The normalized spacial score (nSPS) is 16.4. The zero-order valence-corrected chi connectivity index (χ0v) is 19.1. The Balaban J connectivity index is 1.67. The summed E-state index contributed by atoms with van der Waals surface area (Å²) >= 11 is 7.03. The van der Waals surface area contributed by atoms with Gasteiger partial charge in [0.2, 0.25) is 5.91 Å². The summed E-state index contributed by atoms with van der Waals surface area (Å²) in [5, 5.41) is 5.56. The van der Waals surface area contributed by atoms with E-state index in [9.17, 15) is 14.4 Å². The van der Waals surface area contributed by atoms with Crippen molar-refractivity contribution in [2.45, 2.75) is 52.1 Å². The molecule has 160 valence electrons. The molecule has 2 N–H and O–H groups in total. The predicted octanol–water partition coefficient (Wildman–Crippen LogP) is 4.48. The van der Waals surface area contributed by atoms with Gasteiger partial charge in [0.15, 0.2) is 0 Å². The second-order valence-corrected chi connectivity index (χ2v) is 9.87. The largest absolute Gasteiger partial charge is 0.337 e. The van der Waals surface area contributed by atoms with Crippen LogP contribution in [-0.2, 0) is 4.79 Å². The van der Waals surface area contributed by atoms with Gasteiger partial charge < -0.3 is 15.5 Å². The first-order valence-electron chi connectivity index (χ1n) is 9.89. The molecular weight excluding hydrogens is 422 g/mol. The minimum absolute atomic E-state index is 0.0255. The van der Waals surface area contributed by atoms with Gasteiger partial charge in [0.05, 0.1) is 9.21 Å². The standard InChI is InChI=1S/C22H26ClN3O3S/c1-13-12-15(7-8-16(13)20(28)26-11-5-6-14(26)2)24-21(29)22(3,4)25-19(27)17-9-10-18(23)30-17/h7-10,12,14H,5-6,11H2,1-4H3,(H,24,29)(H,25,27). The van der Waals surface area contributed by atoms with Crippen LogP contribution in [0.25, 0.3) is 0 Å². The summed E-state index contributed by atoms with van der Waals surface area (Å²) in [6, 6.07) is 8.76. The van der Waals surface area contributed by atoms with E-state index in [0.717, 1.165) is 36.3 Å². The van der Waals surface area contributed by atoms with E-state index in [1.807, 2.05) is 11.8 Å². The lowest BCUT2D eigenvalue weighted by Crippen LogP contribution is -2.52. The molecule has 0 radical (unpaired) electrons. The predicted molar refractivity (Wildman–Crippen MR) is 120 cm³/mol. The third-order valence-corrected chi connectivity index (χ3v) is 6.55. The first-order valence-corrected chi connectivity index (χ1v) is 11.1. The van der Waals surface area contributed by atoms with Crippen molar-refractivity contribution in [2.24, 2.45) is 0 Å². The summed E-state index contributed by atoms with van der Waals surface area (Å²) in [6.07, 6.45) is 2.05. The fraction of sp³-hybridized carbons (Fsp3) is 0.409. The molecule has 1 unspecified atom stereocenters. The molecule has 3 amide bonds. The molecule has 2 heterocycles. The van der Waals surface area contributed by atoms with Gasteiger partial charge in [-0.15, -0.1) is 11.3 Å². The summed E-state index contributed by atoms with van der Waals surface area (Å²) < 4.78 is 0.510. The van der Waals surface area contributed by atoms with Crippen LogP contribution < -0.4 is 10.6 Å². The number of hydrogen-bond acceptors (Lipinski definition) is 4. The lowest BCUT2D eigenvalue weighted by Gasteiger charge is -2.25. The van der Waals surface area contributed by atoms with Crippen LogP contribution in [0.5, 0.6) is 0 Å². The summed E-state index contributed by atoms with van der Waals surface area (Å²) in [6.45, 7) is 7.97. The number of rotatable bonds is 5. The number of thiophene rings is 1. The van der Waals surface area contributed by atoms with Crippen molar-refractivity contribution in [1.29, 1.82) is 0 Å². The molecule has 1 aromatic carbocycles. The highest BCUT2D eigenvalue weighted by Gasteiger charge is 2.31. The number of carbonyl (C=O) groups excluding carboxylic acids is 3. The first kappa shape index (κ1) is 22.3. The van der Waals surface area contributed by atoms with Crippen LogP contribution in [-0.4, -0.2) is 40.7 Å². The maximum atomic E-state index is 12.8. The summed E-state index contributed by atoms with van der Waals surface area (Å²) in [5.41, 5.74) is 0.877. The molecule has 1 saturated heterocycles. The van der Waals surface area contributed by atoms with Crippen LogP contribution in [0.2, 0.25) is 4.34 Å². The van der Waals surface area contributed by atoms with Crippen molar-refractivity contribution in [3.63, 3.8) is 0 Å². The van der Waals surface area contributed by atoms with Crippen LogP contribution in [0.1, 0.15) is 59.2 Å². The van der Waals surface area contributed by atoms with E-state index in [-0.39, 0.29) is 23.8 Å². The molecule has 1 aliphatic heterocycles. The van der Waals surface area contributed by atoms with Gasteiger partial charge in [-0.2, -0.15) is 0 Å². The number of nitrogens with one attached hydrogen (secondary N) is 2. The average Bonchev–Trinajstić information content (AvgIpc) is 3.29. The number of carbonyl (C=O) groups is 3. The molecule has 0 aliphatic carbocycles. The van der Waals surface area contributed by atoms with Crippen LogP contribution >= 0.6 is 22.9 Å². The number of hydrogen-bond donors (Lipinski definition) is 2. The van der Waals surface area contributed by atoms with E-state index in [2.05, 4.69) is 17.6 Å². The Labute approximate surface area is 185 Å². The van der Waals surface area contributed by atoms with Crippen LogP contribution in [0.15, 0.2) is 30.3 Å². The maximum Gasteiger partial charge on any atom is 0.262 e. The lowest BCUT2D eigenvalue weighted by molar-refractivity contribution is -0.120. The number of nitrogens with zero attached hydrogens (tertiary/aromatic N) is 1. The minimum Gasteiger partial charge on any atom is -0.337 e. The molecule has 1 aliphatic rings. The van der Waals surface area contributed by atoms with Crippen molar-refractivity contribution >= 4 is 46.3 Å². The van der Waals surface area contributed by atoms with E-state index in [1.54, 1.807) is 44.2 Å². The number of likely N-dealkylation sites (tertiary alicyclic amines) is 1. The maximum absolute atomic E-state index is 12.8. The molecule has 2 aromatic rings. The highest BCUT2D eigenvalue weighted by atomic mass is 35.5. The number of amides is 3. The number of anilines is 1. The molecule has 6 nitrogen and oxygen atoms in total. The van der Waals surface area contributed by atoms with E-state index < -0.39 is 5.54 Å². The van der Waals surface area contributed by atoms with Gasteiger partial charge in [0, 0.05) is 23.8 Å². The topological polar surface area (TPSA) is 78.5 Å². The van der Waals surface area contributed by atoms with Gasteiger partial charge >= 0.3 is 0 Å². The quantitative estimate of drug-likeness (QED) is 0.709. The number of halogens is 1. The van der Waals surface area contributed by atoms with Crippen molar-refractivity contribution in [3.05, 3.63) is 50.7 Å². The Morgan fingerprint density at radius 3 is 2.50 bits per heavy atom. The average molecular weight is 448 g/mol. The third-order valence-electron chi connectivity index (χ3n) is 5.32. The fourth-order valence-corrected chi connectivity index (χ4v) is 4.44. The van der Waals surface area contributed by atoms with Gasteiger partial charge in [-0.1, -0.05) is 11.6 Å². The van der Waals surface area contributed by atoms with Crippen molar-refractivity contribution in [1.82, 2.24) is 10.2 Å². The SMILES string of the molecule is Cc1cc(NC(=O)C(C)(C)NC(=O)c2ccc(Cl)s2)ccc1C(=O)N1CCCC1C. The van der Waals surface area contributed by atoms with E-state index in [4.69, 9.17) is 11.6 Å². The molecule has 0 saturated carbocycles. The second kappa shape index (κ2) is 8.78. The Kier molecular flexibility index (Phi) is 6.53. The summed E-state index contributed by atoms with van der Waals surface area (Å²) in [7, 11) is 0. The van der Waals surface area contributed by atoms with Crippen molar-refractivity contribution < 1.29 is 14.4 Å². The Morgan fingerprint density at radius 2 is 1.93 bits per heavy atom. The number of benzene rings is 1. The van der Waals surface area contributed by atoms with Gasteiger partial charge in [-0.25, -0.2) is 0 Å². The summed E-state index contributed by atoms with van der Waals surface area (Å²) in [4.78, 5) is 40.3. The molecule has 1 atom stereocenters. The van der Waals surface area contributed by atoms with Crippen molar-refractivity contribution in [2.75, 3.05) is 11.9 Å². The van der Waals surface area contributed by atoms with Crippen LogP contribution in [0.4, 0.5) is 5.69 Å².